The Balaban J connectivity index is 1.83. The Hall–Kier alpha value is -0.540. The second-order valence-corrected chi connectivity index (χ2v) is 10.0. The van der Waals surface area contributed by atoms with E-state index in [4.69, 9.17) is 11.6 Å². The van der Waals surface area contributed by atoms with Crippen molar-refractivity contribution in [1.82, 2.24) is 14.5 Å². The van der Waals surface area contributed by atoms with Crippen molar-refractivity contribution in [3.8, 4) is 0 Å². The van der Waals surface area contributed by atoms with Crippen molar-refractivity contribution in [3.05, 3.63) is 26.5 Å². The van der Waals surface area contributed by atoms with E-state index in [1.54, 1.807) is 27.8 Å². The van der Waals surface area contributed by atoms with Gasteiger partial charge >= 0.3 is 0 Å². The number of hydrogen-bond acceptors (Lipinski definition) is 6. The maximum Gasteiger partial charge on any atom is 0.252 e. The lowest BCUT2D eigenvalue weighted by Crippen LogP contribution is -2.38. The second-order valence-electron chi connectivity index (χ2n) is 4.92. The monoisotopic (exact) mass is 363 g/mol. The first-order valence-corrected chi connectivity index (χ1v) is 9.97. The molecule has 21 heavy (non-hydrogen) atoms. The largest absolute Gasteiger partial charge is 0.252 e. The van der Waals surface area contributed by atoms with Crippen LogP contribution in [0.15, 0.2) is 16.3 Å². The zero-order valence-corrected chi connectivity index (χ0v) is 14.5. The molecule has 5 nitrogen and oxygen atoms in total. The first kappa shape index (κ1) is 15.4. The highest BCUT2D eigenvalue weighted by atomic mass is 35.5. The minimum Gasteiger partial charge on any atom is -0.206 e. The lowest BCUT2D eigenvalue weighted by Gasteiger charge is -2.30. The molecule has 0 aliphatic carbocycles. The van der Waals surface area contributed by atoms with Gasteiger partial charge < -0.3 is 0 Å². The fourth-order valence-electron chi connectivity index (χ4n) is 2.40. The van der Waals surface area contributed by atoms with Gasteiger partial charge in [0.2, 0.25) is 0 Å². The number of aromatic nitrogens is 2. The highest BCUT2D eigenvalue weighted by Crippen LogP contribution is 2.34. The Morgan fingerprint density at radius 1 is 1.33 bits per heavy atom. The molecule has 1 atom stereocenters. The van der Waals surface area contributed by atoms with Crippen LogP contribution in [0.25, 0.3) is 0 Å². The van der Waals surface area contributed by atoms with E-state index < -0.39 is 10.0 Å². The van der Waals surface area contributed by atoms with Crippen LogP contribution in [0.4, 0.5) is 0 Å². The number of rotatable bonds is 3. The van der Waals surface area contributed by atoms with E-state index in [2.05, 4.69) is 10.2 Å². The summed E-state index contributed by atoms with van der Waals surface area (Å²) in [5.41, 5.74) is 0. The van der Waals surface area contributed by atoms with Gasteiger partial charge in [0.1, 0.15) is 14.2 Å². The fourth-order valence-corrected chi connectivity index (χ4v) is 6.39. The molecule has 1 fully saturated rings. The molecule has 2 aromatic heterocycles. The molecular weight excluding hydrogens is 350 g/mol. The quantitative estimate of drug-likeness (QED) is 0.840. The van der Waals surface area contributed by atoms with Crippen molar-refractivity contribution in [3.63, 3.8) is 0 Å². The highest BCUT2D eigenvalue weighted by Gasteiger charge is 2.33. The maximum absolute atomic E-state index is 12.6. The summed E-state index contributed by atoms with van der Waals surface area (Å²) in [6.45, 7) is 2.92. The average molecular weight is 364 g/mol. The molecule has 1 aliphatic rings. The third-order valence-electron chi connectivity index (χ3n) is 3.42. The number of aryl methyl sites for hydroxylation is 1. The molecule has 3 heterocycles. The molecule has 0 radical (unpaired) electrons. The van der Waals surface area contributed by atoms with Crippen molar-refractivity contribution in [2.75, 3.05) is 13.1 Å². The number of sulfonamides is 1. The number of piperidine rings is 1. The van der Waals surface area contributed by atoms with Crippen LogP contribution >= 0.6 is 34.3 Å². The summed E-state index contributed by atoms with van der Waals surface area (Å²) < 4.78 is 27.6. The molecule has 0 bridgehead atoms. The Morgan fingerprint density at radius 2 is 2.14 bits per heavy atom. The minimum atomic E-state index is -3.45. The summed E-state index contributed by atoms with van der Waals surface area (Å²) in [4.78, 5) is 0. The summed E-state index contributed by atoms with van der Waals surface area (Å²) >= 11 is 8.50. The predicted molar refractivity (Wildman–Crippen MR) is 84.7 cm³/mol. The van der Waals surface area contributed by atoms with Gasteiger partial charge in [0.15, 0.2) is 0 Å². The van der Waals surface area contributed by atoms with Gasteiger partial charge in [0.25, 0.3) is 10.0 Å². The van der Waals surface area contributed by atoms with Crippen LogP contribution in [-0.4, -0.2) is 36.0 Å². The van der Waals surface area contributed by atoms with Crippen LogP contribution in [0.3, 0.4) is 0 Å². The summed E-state index contributed by atoms with van der Waals surface area (Å²) in [6.07, 6.45) is 1.79. The van der Waals surface area contributed by atoms with Crippen molar-refractivity contribution in [2.45, 2.75) is 29.9 Å². The smallest absolute Gasteiger partial charge is 0.206 e. The van der Waals surface area contributed by atoms with E-state index in [1.165, 1.54) is 0 Å². The summed E-state index contributed by atoms with van der Waals surface area (Å²) in [5, 5.41) is 10.0. The minimum absolute atomic E-state index is 0.134. The van der Waals surface area contributed by atoms with Crippen LogP contribution in [0.5, 0.6) is 0 Å². The molecule has 1 unspecified atom stereocenters. The average Bonchev–Trinajstić information content (AvgIpc) is 3.08. The van der Waals surface area contributed by atoms with Crippen molar-refractivity contribution < 1.29 is 8.42 Å². The third kappa shape index (κ3) is 3.14. The van der Waals surface area contributed by atoms with Crippen LogP contribution in [-0.2, 0) is 10.0 Å². The van der Waals surface area contributed by atoms with Gasteiger partial charge in [0, 0.05) is 19.0 Å². The van der Waals surface area contributed by atoms with Gasteiger partial charge in [-0.2, -0.15) is 4.31 Å². The molecule has 0 aromatic carbocycles. The predicted octanol–water partition coefficient (Wildman–Crippen LogP) is 3.13. The van der Waals surface area contributed by atoms with Crippen molar-refractivity contribution >= 4 is 44.3 Å². The third-order valence-corrected chi connectivity index (χ3v) is 7.98. The van der Waals surface area contributed by atoms with E-state index >= 15 is 0 Å². The lowest BCUT2D eigenvalue weighted by molar-refractivity contribution is 0.315. The Bertz CT molecular complexity index is 741. The molecule has 2 aromatic rings. The number of thiophene rings is 1. The van der Waals surface area contributed by atoms with Gasteiger partial charge in [-0.1, -0.05) is 11.6 Å². The van der Waals surface area contributed by atoms with Crippen molar-refractivity contribution in [2.24, 2.45) is 0 Å². The van der Waals surface area contributed by atoms with Gasteiger partial charge in [-0.15, -0.1) is 32.9 Å². The standard InChI is InChI=1S/C12H14ClN3O2S3/c1-8-14-15-12(19-8)9-3-2-6-16(7-9)21(17,18)11-5-4-10(13)20-11/h4-5,9H,2-3,6-7H2,1H3. The van der Waals surface area contributed by atoms with Crippen LogP contribution in [0.2, 0.25) is 4.34 Å². The number of nitrogens with zero attached hydrogens (tertiary/aromatic N) is 3. The first-order chi connectivity index (χ1) is 9.96. The lowest BCUT2D eigenvalue weighted by atomic mass is 10.0. The maximum atomic E-state index is 12.6. The molecule has 114 valence electrons. The van der Waals surface area contributed by atoms with Crippen LogP contribution < -0.4 is 0 Å². The second kappa shape index (κ2) is 5.92. The van der Waals surface area contributed by atoms with Crippen LogP contribution in [0.1, 0.15) is 28.8 Å². The molecule has 1 aliphatic heterocycles. The Labute approximate surface area is 136 Å². The van der Waals surface area contributed by atoms with E-state index in [1.807, 2.05) is 6.92 Å². The molecule has 0 N–H and O–H groups in total. The van der Waals surface area contributed by atoms with E-state index in [0.29, 0.717) is 21.6 Å². The molecule has 0 spiro atoms. The van der Waals surface area contributed by atoms with Gasteiger partial charge in [-0.3, -0.25) is 0 Å². The molecule has 9 heteroatoms. The topological polar surface area (TPSA) is 63.2 Å². The molecule has 0 amide bonds. The zero-order valence-electron chi connectivity index (χ0n) is 11.3. The van der Waals surface area contributed by atoms with Crippen LogP contribution in [0, 0.1) is 6.92 Å². The molecule has 3 rings (SSSR count). The Kier molecular flexibility index (Phi) is 4.33. The first-order valence-electron chi connectivity index (χ1n) is 6.52. The number of hydrogen-bond donors (Lipinski definition) is 0. The zero-order chi connectivity index (χ0) is 15.0. The summed E-state index contributed by atoms with van der Waals surface area (Å²) in [7, 11) is -3.45. The van der Waals surface area contributed by atoms with E-state index in [9.17, 15) is 8.42 Å². The molecule has 0 saturated carbocycles. The number of halogens is 1. The Morgan fingerprint density at radius 3 is 2.76 bits per heavy atom. The van der Waals surface area contributed by atoms with Gasteiger partial charge in [0.05, 0.1) is 4.34 Å². The molecular formula is C12H14ClN3O2S3. The van der Waals surface area contributed by atoms with Gasteiger partial charge in [-0.05, 0) is 31.9 Å². The molecule has 1 saturated heterocycles. The van der Waals surface area contributed by atoms with Gasteiger partial charge in [-0.25, -0.2) is 8.42 Å². The fraction of sp³-hybridized carbons (Fsp3) is 0.500. The van der Waals surface area contributed by atoms with E-state index in [0.717, 1.165) is 34.2 Å². The normalized spacial score (nSPS) is 20.8. The van der Waals surface area contributed by atoms with Crippen molar-refractivity contribution in [1.29, 1.82) is 0 Å². The summed E-state index contributed by atoms with van der Waals surface area (Å²) in [6, 6.07) is 3.19. The highest BCUT2D eigenvalue weighted by molar-refractivity contribution is 7.91. The SMILES string of the molecule is Cc1nnc(C2CCCN(S(=O)(=O)c3ccc(Cl)s3)C2)s1. The van der Waals surface area contributed by atoms with E-state index in [-0.39, 0.29) is 5.92 Å². The summed E-state index contributed by atoms with van der Waals surface area (Å²) in [5.74, 6) is 0.134.